The fraction of sp³-hybridized carbons (Fsp3) is 0.462. The molecule has 0 fully saturated rings. The van der Waals surface area contributed by atoms with Crippen LogP contribution in [0.2, 0.25) is 0 Å². The number of nitrogens with zero attached hydrogens (tertiary/aromatic N) is 4. The highest BCUT2D eigenvalue weighted by Crippen LogP contribution is 2.27. The van der Waals surface area contributed by atoms with E-state index in [0.717, 1.165) is 5.56 Å². The molecule has 0 saturated carbocycles. The van der Waals surface area contributed by atoms with E-state index >= 15 is 0 Å². The van der Waals surface area contributed by atoms with Crippen LogP contribution in [-0.2, 0) is 13.6 Å². The number of hydrogen-bond donors (Lipinski definition) is 2. The molecule has 3 N–H and O–H groups in total. The van der Waals surface area contributed by atoms with Gasteiger partial charge >= 0.3 is 0 Å². The van der Waals surface area contributed by atoms with Gasteiger partial charge in [0.05, 0.1) is 21.3 Å². The number of rotatable bonds is 7. The molecule has 0 aliphatic carbocycles. The first-order valence-electron chi connectivity index (χ1n) is 6.58. The van der Waals surface area contributed by atoms with Crippen molar-refractivity contribution in [2.24, 2.45) is 7.05 Å². The molecule has 0 aliphatic heterocycles. The molecule has 0 bridgehead atoms. The lowest BCUT2D eigenvalue weighted by Crippen LogP contribution is -2.83. The SMILES string of the molecule is COc1ccc(C[NH2+]C[C@H](O)c2nnn(C)n2)cc1OC. The van der Waals surface area contributed by atoms with Gasteiger partial charge in [0.1, 0.15) is 13.1 Å². The third kappa shape index (κ3) is 3.89. The first-order valence-corrected chi connectivity index (χ1v) is 6.58. The average Bonchev–Trinajstić information content (AvgIpc) is 2.93. The number of methoxy groups -OCH3 is 2. The van der Waals surface area contributed by atoms with E-state index in [4.69, 9.17) is 9.47 Å². The maximum absolute atomic E-state index is 9.94. The lowest BCUT2D eigenvalue weighted by molar-refractivity contribution is -0.677. The van der Waals surface area contributed by atoms with Crippen LogP contribution in [0.1, 0.15) is 17.5 Å². The summed E-state index contributed by atoms with van der Waals surface area (Å²) in [5.74, 6) is 1.73. The van der Waals surface area contributed by atoms with Crippen molar-refractivity contribution in [3.8, 4) is 11.5 Å². The number of ether oxygens (including phenoxy) is 2. The van der Waals surface area contributed by atoms with Gasteiger partial charge in [-0.25, -0.2) is 0 Å². The second-order valence-corrected chi connectivity index (χ2v) is 4.57. The van der Waals surface area contributed by atoms with E-state index in [2.05, 4.69) is 15.4 Å². The van der Waals surface area contributed by atoms with Gasteiger partial charge in [0, 0.05) is 5.56 Å². The highest BCUT2D eigenvalue weighted by molar-refractivity contribution is 5.42. The largest absolute Gasteiger partial charge is 0.493 e. The Balaban J connectivity index is 1.88. The average molecular weight is 294 g/mol. The Morgan fingerprint density at radius 1 is 1.29 bits per heavy atom. The van der Waals surface area contributed by atoms with Crippen LogP contribution >= 0.6 is 0 Å². The Morgan fingerprint density at radius 3 is 2.67 bits per heavy atom. The lowest BCUT2D eigenvalue weighted by atomic mass is 10.2. The molecule has 0 spiro atoms. The summed E-state index contributed by atoms with van der Waals surface area (Å²) in [6, 6.07) is 5.75. The van der Waals surface area contributed by atoms with Crippen LogP contribution in [0.25, 0.3) is 0 Å². The Kier molecular flexibility index (Phi) is 5.07. The molecule has 8 heteroatoms. The molecule has 0 saturated heterocycles. The number of quaternary nitrogens is 1. The van der Waals surface area contributed by atoms with Gasteiger partial charge in [-0.15, -0.1) is 10.2 Å². The molecular formula is C13H20N5O3+. The molecule has 0 unspecified atom stereocenters. The van der Waals surface area contributed by atoms with Crippen LogP contribution in [0.5, 0.6) is 11.5 Å². The van der Waals surface area contributed by atoms with Gasteiger partial charge in [0.25, 0.3) is 0 Å². The molecule has 1 aromatic heterocycles. The van der Waals surface area contributed by atoms with E-state index in [9.17, 15) is 5.11 Å². The van der Waals surface area contributed by atoms with E-state index in [-0.39, 0.29) is 0 Å². The number of hydrogen-bond acceptors (Lipinski definition) is 6. The Bertz CT molecular complexity index is 587. The van der Waals surface area contributed by atoms with Crippen LogP contribution in [-0.4, -0.2) is 46.1 Å². The summed E-state index contributed by atoms with van der Waals surface area (Å²) in [6.07, 6.45) is -0.737. The number of benzene rings is 1. The van der Waals surface area contributed by atoms with E-state index in [0.29, 0.717) is 30.4 Å². The van der Waals surface area contributed by atoms with Gasteiger partial charge in [-0.3, -0.25) is 0 Å². The van der Waals surface area contributed by atoms with Crippen molar-refractivity contribution in [1.82, 2.24) is 20.2 Å². The number of tetrazole rings is 1. The minimum atomic E-state index is -0.737. The summed E-state index contributed by atoms with van der Waals surface area (Å²) in [7, 11) is 4.87. The fourth-order valence-corrected chi connectivity index (χ4v) is 1.95. The minimum Gasteiger partial charge on any atom is -0.493 e. The monoisotopic (exact) mass is 294 g/mol. The molecule has 2 aromatic rings. The molecule has 114 valence electrons. The van der Waals surface area contributed by atoms with Crippen molar-refractivity contribution in [2.75, 3.05) is 20.8 Å². The second kappa shape index (κ2) is 7.00. The molecule has 1 atom stereocenters. The number of nitrogens with two attached hydrogens (primary N) is 1. The molecule has 1 aromatic carbocycles. The molecule has 2 rings (SSSR count). The quantitative estimate of drug-likeness (QED) is 0.681. The van der Waals surface area contributed by atoms with Crippen LogP contribution in [0, 0.1) is 0 Å². The van der Waals surface area contributed by atoms with Crippen LogP contribution in [0.4, 0.5) is 0 Å². The Hall–Kier alpha value is -2.19. The van der Waals surface area contributed by atoms with E-state index in [1.807, 2.05) is 23.5 Å². The first-order chi connectivity index (χ1) is 10.1. The molecular weight excluding hydrogens is 274 g/mol. The zero-order valence-corrected chi connectivity index (χ0v) is 12.4. The second-order valence-electron chi connectivity index (χ2n) is 4.57. The molecule has 0 amide bonds. The van der Waals surface area contributed by atoms with E-state index in [1.165, 1.54) is 4.80 Å². The van der Waals surface area contributed by atoms with Crippen molar-refractivity contribution in [3.05, 3.63) is 29.6 Å². The predicted octanol–water partition coefficient (Wildman–Crippen LogP) is -0.976. The highest BCUT2D eigenvalue weighted by Gasteiger charge is 2.15. The summed E-state index contributed by atoms with van der Waals surface area (Å²) in [4.78, 5) is 1.33. The number of aryl methyl sites for hydroxylation is 1. The standard InChI is InChI=1S/C13H19N5O3/c1-18-16-13(15-17-18)10(19)8-14-7-9-4-5-11(20-2)12(6-9)21-3/h4-6,10,14,19H,7-8H2,1-3H3/p+1/t10-/m0/s1. The topological polar surface area (TPSA) is 98.9 Å². The summed E-state index contributed by atoms with van der Waals surface area (Å²) in [6.45, 7) is 1.16. The maximum atomic E-state index is 9.94. The first kappa shape index (κ1) is 15.2. The maximum Gasteiger partial charge on any atom is 0.208 e. The fourth-order valence-electron chi connectivity index (χ4n) is 1.95. The summed E-state index contributed by atoms with van der Waals surface area (Å²) in [5, 5.41) is 23.4. The van der Waals surface area contributed by atoms with Gasteiger partial charge in [-0.05, 0) is 23.4 Å². The van der Waals surface area contributed by atoms with Crippen LogP contribution in [0.15, 0.2) is 18.2 Å². The number of aliphatic hydroxyl groups is 1. The van der Waals surface area contributed by atoms with Gasteiger partial charge in [0.15, 0.2) is 17.6 Å². The normalized spacial score (nSPS) is 12.2. The number of aliphatic hydroxyl groups excluding tert-OH is 1. The predicted molar refractivity (Wildman–Crippen MR) is 73.8 cm³/mol. The van der Waals surface area contributed by atoms with Crippen LogP contribution in [0.3, 0.4) is 0 Å². The highest BCUT2D eigenvalue weighted by atomic mass is 16.5. The molecule has 21 heavy (non-hydrogen) atoms. The van der Waals surface area contributed by atoms with Gasteiger partial charge < -0.3 is 19.9 Å². The molecule has 1 heterocycles. The Morgan fingerprint density at radius 2 is 2.05 bits per heavy atom. The van der Waals surface area contributed by atoms with Gasteiger partial charge in [-0.1, -0.05) is 0 Å². The van der Waals surface area contributed by atoms with Crippen molar-refractivity contribution < 1.29 is 19.9 Å². The van der Waals surface area contributed by atoms with Crippen molar-refractivity contribution in [1.29, 1.82) is 0 Å². The third-order valence-corrected chi connectivity index (χ3v) is 3.04. The van der Waals surface area contributed by atoms with Gasteiger partial charge in [-0.2, -0.15) is 4.80 Å². The zero-order valence-electron chi connectivity index (χ0n) is 12.4. The smallest absolute Gasteiger partial charge is 0.208 e. The minimum absolute atomic E-state index is 0.334. The molecule has 0 aliphatic rings. The Labute approximate surface area is 122 Å². The summed E-state index contributed by atoms with van der Waals surface area (Å²) >= 11 is 0. The summed E-state index contributed by atoms with van der Waals surface area (Å²) < 4.78 is 10.5. The molecule has 8 nitrogen and oxygen atoms in total. The number of aromatic nitrogens is 4. The third-order valence-electron chi connectivity index (χ3n) is 3.04. The van der Waals surface area contributed by atoms with Crippen LogP contribution < -0.4 is 14.8 Å². The zero-order chi connectivity index (χ0) is 15.2. The summed E-state index contributed by atoms with van der Waals surface area (Å²) in [5.41, 5.74) is 1.08. The van der Waals surface area contributed by atoms with Crippen molar-refractivity contribution >= 4 is 0 Å². The lowest BCUT2D eigenvalue weighted by Gasteiger charge is -2.09. The van der Waals surface area contributed by atoms with Gasteiger partial charge in [0.2, 0.25) is 5.82 Å². The van der Waals surface area contributed by atoms with E-state index < -0.39 is 6.10 Å². The van der Waals surface area contributed by atoms with E-state index in [1.54, 1.807) is 21.3 Å². The van der Waals surface area contributed by atoms with Crippen molar-refractivity contribution in [3.63, 3.8) is 0 Å². The van der Waals surface area contributed by atoms with Crippen molar-refractivity contribution in [2.45, 2.75) is 12.6 Å². The molecule has 0 radical (unpaired) electrons.